The van der Waals surface area contributed by atoms with Crippen LogP contribution in [-0.4, -0.2) is 22.2 Å². The fourth-order valence-corrected chi connectivity index (χ4v) is 1.96. The van der Waals surface area contributed by atoms with E-state index in [0.29, 0.717) is 0 Å². The molecule has 0 spiro atoms. The van der Waals surface area contributed by atoms with Gasteiger partial charge in [0.25, 0.3) is 0 Å². The Bertz CT molecular complexity index is 421. The molecule has 0 fully saturated rings. The summed E-state index contributed by atoms with van der Waals surface area (Å²) in [6.45, 7) is 8.39. The summed E-state index contributed by atoms with van der Waals surface area (Å²) in [5.74, 6) is -2.62. The van der Waals surface area contributed by atoms with Gasteiger partial charge in [0.2, 0.25) is 0 Å². The lowest BCUT2D eigenvalue weighted by atomic mass is 9.76. The Morgan fingerprint density at radius 2 is 1.55 bits per heavy atom. The van der Waals surface area contributed by atoms with E-state index in [1.54, 1.807) is 0 Å². The number of aliphatic carboxylic acids is 2. The van der Waals surface area contributed by atoms with Crippen molar-refractivity contribution in [1.29, 1.82) is 0 Å². The second-order valence-electron chi connectivity index (χ2n) is 4.40. The third-order valence-electron chi connectivity index (χ3n) is 3.30. The zero-order valence-electron chi connectivity index (χ0n) is 12.0. The molecule has 1 aromatic rings. The van der Waals surface area contributed by atoms with Crippen molar-refractivity contribution in [2.75, 3.05) is 0 Å². The van der Waals surface area contributed by atoms with Crippen LogP contribution in [0.25, 0.3) is 0 Å². The molecule has 0 unspecified atom stereocenters. The van der Waals surface area contributed by atoms with Gasteiger partial charge in [-0.25, -0.2) is 0 Å². The highest BCUT2D eigenvalue weighted by Crippen LogP contribution is 2.32. The van der Waals surface area contributed by atoms with E-state index in [1.165, 1.54) is 5.56 Å². The summed E-state index contributed by atoms with van der Waals surface area (Å²) in [7, 11) is 0. The molecule has 0 heterocycles. The monoisotopic (exact) mass is 278 g/mol. The van der Waals surface area contributed by atoms with Gasteiger partial charge >= 0.3 is 11.9 Å². The molecule has 2 N–H and O–H groups in total. The second-order valence-corrected chi connectivity index (χ2v) is 4.40. The molecule has 20 heavy (non-hydrogen) atoms. The van der Waals surface area contributed by atoms with E-state index in [2.05, 4.69) is 56.8 Å². The number of hydrogen-bond donors (Lipinski definition) is 2. The van der Waals surface area contributed by atoms with Crippen LogP contribution in [0.3, 0.4) is 0 Å². The second kappa shape index (κ2) is 8.91. The van der Waals surface area contributed by atoms with E-state index in [0.717, 1.165) is 12.8 Å². The zero-order valence-corrected chi connectivity index (χ0v) is 12.0. The highest BCUT2D eigenvalue weighted by molar-refractivity contribution is 5.88. The van der Waals surface area contributed by atoms with E-state index < -0.39 is 18.4 Å². The highest BCUT2D eigenvalue weighted by atomic mass is 16.4. The summed E-state index contributed by atoms with van der Waals surface area (Å²) in [5, 5.41) is 15.4. The molecule has 0 radical (unpaired) electrons. The summed E-state index contributed by atoms with van der Waals surface area (Å²) in [5.41, 5.74) is 1.57. The Morgan fingerprint density at radius 1 is 1.10 bits per heavy atom. The van der Waals surface area contributed by atoms with Gasteiger partial charge in [0.1, 0.15) is 6.42 Å². The Balaban J connectivity index is 0.000000441. The van der Waals surface area contributed by atoms with Crippen molar-refractivity contribution in [1.82, 2.24) is 0 Å². The normalized spacial score (nSPS) is 10.1. The molecule has 4 heteroatoms. The van der Waals surface area contributed by atoms with E-state index in [-0.39, 0.29) is 5.41 Å². The predicted octanol–water partition coefficient (Wildman–Crippen LogP) is 3.48. The minimum Gasteiger partial charge on any atom is -0.481 e. The zero-order chi connectivity index (χ0) is 15.6. The molecule has 4 nitrogen and oxygen atoms in total. The molecule has 0 saturated heterocycles. The van der Waals surface area contributed by atoms with Crippen LogP contribution in [0.2, 0.25) is 0 Å². The number of carboxylic acid groups (broad SMARTS) is 2. The summed E-state index contributed by atoms with van der Waals surface area (Å²) in [6.07, 6.45) is 3.52. The van der Waals surface area contributed by atoms with Gasteiger partial charge < -0.3 is 10.2 Å². The lowest BCUT2D eigenvalue weighted by Gasteiger charge is -2.28. The Hall–Kier alpha value is -2.10. The maximum Gasteiger partial charge on any atom is 0.314 e. The largest absolute Gasteiger partial charge is 0.481 e. The molecule has 1 aromatic carbocycles. The molecule has 0 aliphatic rings. The lowest BCUT2D eigenvalue weighted by molar-refractivity contribution is -0.147. The maximum atomic E-state index is 9.43. The predicted molar refractivity (Wildman–Crippen MR) is 78.8 cm³/mol. The summed E-state index contributed by atoms with van der Waals surface area (Å²) >= 11 is 0. The Labute approximate surface area is 119 Å². The molecule has 0 atom stereocenters. The van der Waals surface area contributed by atoms with Gasteiger partial charge in [-0.2, -0.15) is 0 Å². The van der Waals surface area contributed by atoms with Crippen LogP contribution in [-0.2, 0) is 15.0 Å². The number of carbonyl (C=O) groups is 2. The van der Waals surface area contributed by atoms with Crippen molar-refractivity contribution in [3.63, 3.8) is 0 Å². The van der Waals surface area contributed by atoms with Crippen LogP contribution in [0.1, 0.15) is 38.7 Å². The third-order valence-corrected chi connectivity index (χ3v) is 3.30. The first kappa shape index (κ1) is 17.9. The van der Waals surface area contributed by atoms with Gasteiger partial charge in [0, 0.05) is 5.41 Å². The van der Waals surface area contributed by atoms with Crippen molar-refractivity contribution in [2.45, 2.75) is 38.5 Å². The molecule has 0 aromatic heterocycles. The van der Waals surface area contributed by atoms with E-state index in [4.69, 9.17) is 10.2 Å². The van der Waals surface area contributed by atoms with E-state index in [9.17, 15) is 9.59 Å². The molecule has 0 aliphatic carbocycles. The Morgan fingerprint density at radius 3 is 1.80 bits per heavy atom. The molecule has 110 valence electrons. The highest BCUT2D eigenvalue weighted by Gasteiger charge is 2.23. The van der Waals surface area contributed by atoms with E-state index in [1.807, 2.05) is 0 Å². The lowest BCUT2D eigenvalue weighted by Crippen LogP contribution is -2.20. The standard InChI is InChI=1S/C13H18.C3H4O4/c1-4-13(5-2,6-3)12-10-8-7-9-11-12;4-2(5)1-3(6)7/h4,7-11H,1,5-6H2,2-3H3;1H2,(H,4,5)(H,6,7). The topological polar surface area (TPSA) is 74.6 Å². The molecule has 0 bridgehead atoms. The molecule has 0 aliphatic heterocycles. The van der Waals surface area contributed by atoms with Crippen LogP contribution in [0.4, 0.5) is 0 Å². The average molecular weight is 278 g/mol. The van der Waals surface area contributed by atoms with Crippen molar-refractivity contribution < 1.29 is 19.8 Å². The van der Waals surface area contributed by atoms with Crippen LogP contribution in [0, 0.1) is 0 Å². The van der Waals surface area contributed by atoms with Gasteiger partial charge in [0.05, 0.1) is 0 Å². The average Bonchev–Trinajstić information content (AvgIpc) is 2.42. The van der Waals surface area contributed by atoms with Crippen LogP contribution >= 0.6 is 0 Å². The number of hydrogen-bond acceptors (Lipinski definition) is 2. The number of allylic oxidation sites excluding steroid dienone is 1. The van der Waals surface area contributed by atoms with Crippen molar-refractivity contribution in [3.8, 4) is 0 Å². The first-order valence-corrected chi connectivity index (χ1v) is 6.54. The summed E-state index contributed by atoms with van der Waals surface area (Å²) in [6, 6.07) is 10.6. The van der Waals surface area contributed by atoms with Crippen LogP contribution < -0.4 is 0 Å². The Kier molecular flexibility index (Phi) is 7.97. The third kappa shape index (κ3) is 5.69. The van der Waals surface area contributed by atoms with Crippen molar-refractivity contribution in [2.24, 2.45) is 0 Å². The number of benzene rings is 1. The quantitative estimate of drug-likeness (QED) is 0.617. The first-order valence-electron chi connectivity index (χ1n) is 6.54. The van der Waals surface area contributed by atoms with Gasteiger partial charge in [-0.3, -0.25) is 9.59 Å². The molecular formula is C16H22O4. The van der Waals surface area contributed by atoms with Crippen LogP contribution in [0.5, 0.6) is 0 Å². The molecule has 0 amide bonds. The number of carboxylic acids is 2. The molecule has 0 saturated carbocycles. The maximum absolute atomic E-state index is 9.43. The minimum absolute atomic E-state index is 0.182. The fourth-order valence-electron chi connectivity index (χ4n) is 1.96. The smallest absolute Gasteiger partial charge is 0.314 e. The van der Waals surface area contributed by atoms with Gasteiger partial charge in [0.15, 0.2) is 0 Å². The van der Waals surface area contributed by atoms with Gasteiger partial charge in [-0.1, -0.05) is 50.3 Å². The molecular weight excluding hydrogens is 256 g/mol. The molecule has 1 rings (SSSR count). The fraction of sp³-hybridized carbons (Fsp3) is 0.375. The van der Waals surface area contributed by atoms with Crippen molar-refractivity contribution >= 4 is 11.9 Å². The van der Waals surface area contributed by atoms with E-state index >= 15 is 0 Å². The number of rotatable bonds is 6. The SMILES string of the molecule is C=CC(CC)(CC)c1ccccc1.O=C(O)CC(=O)O. The first-order chi connectivity index (χ1) is 9.41. The van der Waals surface area contributed by atoms with Gasteiger partial charge in [-0.15, -0.1) is 6.58 Å². The summed E-state index contributed by atoms with van der Waals surface area (Å²) in [4.78, 5) is 18.9. The summed E-state index contributed by atoms with van der Waals surface area (Å²) < 4.78 is 0. The van der Waals surface area contributed by atoms with Crippen LogP contribution in [0.15, 0.2) is 43.0 Å². The van der Waals surface area contributed by atoms with Crippen molar-refractivity contribution in [3.05, 3.63) is 48.6 Å². The minimum atomic E-state index is -1.31. The van der Waals surface area contributed by atoms with Gasteiger partial charge in [-0.05, 0) is 18.4 Å².